The molecule has 2 aliphatic rings. The first-order chi connectivity index (χ1) is 11.7. The summed E-state index contributed by atoms with van der Waals surface area (Å²) < 4.78 is 11.2. The van der Waals surface area contributed by atoms with E-state index in [-0.39, 0.29) is 11.8 Å². The second-order valence-corrected chi connectivity index (χ2v) is 7.84. The van der Waals surface area contributed by atoms with Crippen molar-refractivity contribution in [2.45, 2.75) is 11.9 Å². The van der Waals surface area contributed by atoms with E-state index in [1.165, 1.54) is 0 Å². The third-order valence-corrected chi connectivity index (χ3v) is 5.63. The molecule has 1 aromatic heterocycles. The Balaban J connectivity index is 1.61. The number of hydrogen-bond donors (Lipinski definition) is 0. The SMILES string of the molecule is CSCc1ccc(C(=O)N2CCO[C@@H](C(=O)N3CCSCC3)C2)o1. The van der Waals surface area contributed by atoms with Crippen LogP contribution in [0.1, 0.15) is 16.3 Å². The number of nitrogens with zero attached hydrogens (tertiary/aromatic N) is 2. The summed E-state index contributed by atoms with van der Waals surface area (Å²) in [6.45, 7) is 2.67. The number of carbonyl (C=O) groups is 2. The molecule has 0 bridgehead atoms. The van der Waals surface area contributed by atoms with E-state index >= 15 is 0 Å². The zero-order valence-electron chi connectivity index (χ0n) is 13.7. The highest BCUT2D eigenvalue weighted by Crippen LogP contribution is 2.18. The van der Waals surface area contributed by atoms with Gasteiger partial charge in [-0.15, -0.1) is 0 Å². The van der Waals surface area contributed by atoms with Crippen LogP contribution in [-0.2, 0) is 15.3 Å². The Hall–Kier alpha value is -1.12. The smallest absolute Gasteiger partial charge is 0.289 e. The van der Waals surface area contributed by atoms with E-state index in [9.17, 15) is 9.59 Å². The molecule has 0 aromatic carbocycles. The van der Waals surface area contributed by atoms with Crippen molar-refractivity contribution >= 4 is 35.3 Å². The molecule has 3 rings (SSSR count). The minimum atomic E-state index is -0.563. The number of hydrogen-bond acceptors (Lipinski definition) is 6. The average Bonchev–Trinajstić information content (AvgIpc) is 3.10. The second kappa shape index (κ2) is 8.31. The first kappa shape index (κ1) is 17.7. The van der Waals surface area contributed by atoms with E-state index in [1.807, 2.05) is 29.0 Å². The van der Waals surface area contributed by atoms with Gasteiger partial charge in [-0.25, -0.2) is 0 Å². The fraction of sp³-hybridized carbons (Fsp3) is 0.625. The quantitative estimate of drug-likeness (QED) is 0.802. The van der Waals surface area contributed by atoms with E-state index in [1.54, 1.807) is 22.7 Å². The predicted octanol–water partition coefficient (Wildman–Crippen LogP) is 1.56. The maximum Gasteiger partial charge on any atom is 0.289 e. The summed E-state index contributed by atoms with van der Waals surface area (Å²) in [7, 11) is 0. The second-order valence-electron chi connectivity index (χ2n) is 5.75. The minimum Gasteiger partial charge on any atom is -0.455 e. The number of morpholine rings is 1. The third kappa shape index (κ3) is 4.10. The Bertz CT molecular complexity index is 586. The molecule has 8 heteroatoms. The number of ether oxygens (including phenoxy) is 1. The molecule has 6 nitrogen and oxygen atoms in total. The van der Waals surface area contributed by atoms with Crippen molar-refractivity contribution < 1.29 is 18.7 Å². The van der Waals surface area contributed by atoms with Gasteiger partial charge in [0.1, 0.15) is 5.76 Å². The molecule has 132 valence electrons. The molecule has 3 heterocycles. The fourth-order valence-electron chi connectivity index (χ4n) is 2.84. The van der Waals surface area contributed by atoms with Crippen molar-refractivity contribution in [3.63, 3.8) is 0 Å². The molecular weight excluding hydrogens is 348 g/mol. The Labute approximate surface area is 150 Å². The van der Waals surface area contributed by atoms with Gasteiger partial charge in [-0.2, -0.15) is 23.5 Å². The van der Waals surface area contributed by atoms with Crippen LogP contribution >= 0.6 is 23.5 Å². The molecule has 0 N–H and O–H groups in total. The van der Waals surface area contributed by atoms with Crippen molar-refractivity contribution in [1.29, 1.82) is 0 Å². The first-order valence-corrected chi connectivity index (χ1v) is 10.6. The van der Waals surface area contributed by atoms with Crippen molar-refractivity contribution in [1.82, 2.24) is 9.80 Å². The molecule has 2 fully saturated rings. The summed E-state index contributed by atoms with van der Waals surface area (Å²) in [5, 5.41) is 0. The maximum absolute atomic E-state index is 12.6. The maximum atomic E-state index is 12.6. The number of thioether (sulfide) groups is 2. The van der Waals surface area contributed by atoms with Gasteiger partial charge in [-0.3, -0.25) is 9.59 Å². The van der Waals surface area contributed by atoms with Crippen LogP contribution < -0.4 is 0 Å². The topological polar surface area (TPSA) is 63.0 Å². The van der Waals surface area contributed by atoms with Crippen LogP contribution in [0.5, 0.6) is 0 Å². The molecule has 0 aliphatic carbocycles. The number of carbonyl (C=O) groups excluding carboxylic acids is 2. The minimum absolute atomic E-state index is 0.00434. The van der Waals surface area contributed by atoms with Gasteiger partial charge in [0.05, 0.1) is 18.9 Å². The molecule has 2 saturated heterocycles. The number of furan rings is 1. The van der Waals surface area contributed by atoms with Crippen LogP contribution in [0.15, 0.2) is 16.5 Å². The van der Waals surface area contributed by atoms with Crippen molar-refractivity contribution in [3.8, 4) is 0 Å². The van der Waals surface area contributed by atoms with Gasteiger partial charge in [0, 0.05) is 31.1 Å². The highest BCUT2D eigenvalue weighted by atomic mass is 32.2. The van der Waals surface area contributed by atoms with Crippen LogP contribution in [0, 0.1) is 0 Å². The van der Waals surface area contributed by atoms with E-state index in [2.05, 4.69) is 0 Å². The largest absolute Gasteiger partial charge is 0.455 e. The van der Waals surface area contributed by atoms with E-state index < -0.39 is 6.10 Å². The summed E-state index contributed by atoms with van der Waals surface area (Å²) in [5.41, 5.74) is 0. The van der Waals surface area contributed by atoms with Gasteiger partial charge in [-0.05, 0) is 18.4 Å². The molecular formula is C16H22N2O4S2. The predicted molar refractivity (Wildman–Crippen MR) is 95.5 cm³/mol. The van der Waals surface area contributed by atoms with Gasteiger partial charge in [-0.1, -0.05) is 0 Å². The fourth-order valence-corrected chi connectivity index (χ4v) is 4.18. The van der Waals surface area contributed by atoms with Crippen LogP contribution in [0.3, 0.4) is 0 Å². The highest BCUT2D eigenvalue weighted by molar-refractivity contribution is 7.99. The van der Waals surface area contributed by atoms with E-state index in [4.69, 9.17) is 9.15 Å². The van der Waals surface area contributed by atoms with Crippen LogP contribution in [0.4, 0.5) is 0 Å². The Morgan fingerprint density at radius 2 is 2.04 bits per heavy atom. The molecule has 0 radical (unpaired) electrons. The Morgan fingerprint density at radius 1 is 1.25 bits per heavy atom. The lowest BCUT2D eigenvalue weighted by atomic mass is 10.2. The van der Waals surface area contributed by atoms with Crippen LogP contribution in [0.25, 0.3) is 0 Å². The zero-order chi connectivity index (χ0) is 16.9. The summed E-state index contributed by atoms with van der Waals surface area (Å²) >= 11 is 3.50. The van der Waals surface area contributed by atoms with Gasteiger partial charge in [0.2, 0.25) is 0 Å². The number of rotatable bonds is 4. The normalized spacial score (nSPS) is 21.8. The Morgan fingerprint density at radius 3 is 2.79 bits per heavy atom. The summed E-state index contributed by atoms with van der Waals surface area (Å²) in [6, 6.07) is 3.54. The molecule has 2 aliphatic heterocycles. The van der Waals surface area contributed by atoms with Gasteiger partial charge >= 0.3 is 0 Å². The summed E-state index contributed by atoms with van der Waals surface area (Å²) in [6.07, 6.45) is 1.42. The van der Waals surface area contributed by atoms with Gasteiger partial charge < -0.3 is 19.0 Å². The zero-order valence-corrected chi connectivity index (χ0v) is 15.4. The molecule has 1 aromatic rings. The number of amides is 2. The lowest BCUT2D eigenvalue weighted by Crippen LogP contribution is -2.53. The summed E-state index contributed by atoms with van der Waals surface area (Å²) in [4.78, 5) is 28.7. The van der Waals surface area contributed by atoms with Crippen LogP contribution in [-0.4, -0.2) is 78.3 Å². The van der Waals surface area contributed by atoms with Crippen molar-refractivity contribution in [2.24, 2.45) is 0 Å². The Kier molecular flexibility index (Phi) is 6.13. The standard InChI is InChI=1S/C16H22N2O4S2/c1-23-11-12-2-3-13(22-12)15(19)18-4-7-21-14(10-18)16(20)17-5-8-24-9-6-17/h2-3,14H,4-11H2,1H3/t14-/m1/s1. The molecule has 24 heavy (non-hydrogen) atoms. The van der Waals surface area contributed by atoms with Crippen molar-refractivity contribution in [2.75, 3.05) is 50.5 Å². The van der Waals surface area contributed by atoms with E-state index in [0.29, 0.717) is 25.5 Å². The summed E-state index contributed by atoms with van der Waals surface area (Å²) in [5.74, 6) is 3.62. The molecule has 2 amide bonds. The highest BCUT2D eigenvalue weighted by Gasteiger charge is 2.33. The average molecular weight is 370 g/mol. The third-order valence-electron chi connectivity index (χ3n) is 4.11. The molecule has 0 spiro atoms. The van der Waals surface area contributed by atoms with Gasteiger partial charge in [0.25, 0.3) is 11.8 Å². The van der Waals surface area contributed by atoms with Crippen molar-refractivity contribution in [3.05, 3.63) is 23.7 Å². The lowest BCUT2D eigenvalue weighted by molar-refractivity contribution is -0.147. The lowest BCUT2D eigenvalue weighted by Gasteiger charge is -2.35. The first-order valence-electron chi connectivity index (χ1n) is 8.04. The van der Waals surface area contributed by atoms with E-state index in [0.717, 1.165) is 36.1 Å². The molecule has 0 saturated carbocycles. The van der Waals surface area contributed by atoms with Crippen LogP contribution in [0.2, 0.25) is 0 Å². The molecule has 1 atom stereocenters. The molecule has 0 unspecified atom stereocenters. The van der Waals surface area contributed by atoms with Gasteiger partial charge in [0.15, 0.2) is 11.9 Å². The monoisotopic (exact) mass is 370 g/mol.